The number of nitrogens with one attached hydrogen (secondary N) is 1. The number of nitrogens with two attached hydrogens (primary N) is 1. The van der Waals surface area contributed by atoms with Crippen molar-refractivity contribution in [2.45, 2.75) is 45.4 Å². The van der Waals surface area contributed by atoms with Crippen LogP contribution in [0.2, 0.25) is 0 Å². The van der Waals surface area contributed by atoms with Crippen molar-refractivity contribution in [1.29, 1.82) is 0 Å². The van der Waals surface area contributed by atoms with Gasteiger partial charge < -0.3 is 25.9 Å². The molecule has 0 aromatic carbocycles. The second-order valence-electron chi connectivity index (χ2n) is 6.70. The average Bonchev–Trinajstić information content (AvgIpc) is 3.05. The number of aromatic nitrogens is 1. The van der Waals surface area contributed by atoms with E-state index < -0.39 is 48.9 Å². The Bertz CT molecular complexity index is 932. The maximum Gasteiger partial charge on any atom is 0.435 e. The molecule has 1 aromatic heterocycles. The molecule has 0 radical (unpaired) electrons. The molecule has 0 aliphatic carbocycles. The molecule has 5 N–H and O–H groups in total. The Kier molecular flexibility index (Phi) is 6.87. The van der Waals surface area contributed by atoms with E-state index in [0.29, 0.717) is 4.67 Å². The topological polar surface area (TPSA) is 194 Å². The van der Waals surface area contributed by atoms with Gasteiger partial charge in [-0.2, -0.15) is 0 Å². The zero-order valence-corrected chi connectivity index (χ0v) is 18.3. The Hall–Kier alpha value is -2.54. The van der Waals surface area contributed by atoms with Crippen LogP contribution in [0, 0.1) is 0 Å². The van der Waals surface area contributed by atoms with Gasteiger partial charge in [-0.3, -0.25) is 14.1 Å². The van der Waals surface area contributed by atoms with Crippen LogP contribution >= 0.6 is 19.1 Å². The molecule has 2 rings (SSSR count). The van der Waals surface area contributed by atoms with Gasteiger partial charge in [0.1, 0.15) is 11.7 Å². The van der Waals surface area contributed by atoms with Crippen molar-refractivity contribution in [3.8, 4) is 0 Å². The minimum Gasteiger partial charge on any atom is -0.478 e. The predicted octanol–water partition coefficient (Wildman–Crippen LogP) is 0.162. The highest BCUT2D eigenvalue weighted by Crippen LogP contribution is 2.52. The van der Waals surface area contributed by atoms with Crippen LogP contribution in [0.3, 0.4) is 0 Å². The zero-order chi connectivity index (χ0) is 22.9. The van der Waals surface area contributed by atoms with Crippen molar-refractivity contribution in [1.82, 2.24) is 15.0 Å². The summed E-state index contributed by atoms with van der Waals surface area (Å²) in [7, 11) is -4.33. The van der Waals surface area contributed by atoms with Crippen LogP contribution in [-0.2, 0) is 28.3 Å². The lowest BCUT2D eigenvalue weighted by Crippen LogP contribution is -2.68. The summed E-state index contributed by atoms with van der Waals surface area (Å²) in [6, 6.07) is -1.98. The predicted molar refractivity (Wildman–Crippen MR) is 106 cm³/mol. The first-order chi connectivity index (χ1) is 13.8. The Balaban J connectivity index is 2.23. The third kappa shape index (κ3) is 4.78. The summed E-state index contributed by atoms with van der Waals surface area (Å²) in [6.07, 6.45) is 0. The van der Waals surface area contributed by atoms with Gasteiger partial charge in [-0.15, -0.1) is 11.3 Å². The molecule has 2 amide bonds. The van der Waals surface area contributed by atoms with Crippen LogP contribution in [0.1, 0.15) is 33.4 Å². The molecular formula is C15H22N5O8PS. The number of nitrogens with zero attached hydrogens (tertiary/aromatic N) is 3. The second kappa shape index (κ2) is 8.68. The molecule has 0 spiro atoms. The first-order valence-electron chi connectivity index (χ1n) is 8.64. The van der Waals surface area contributed by atoms with Gasteiger partial charge in [0.15, 0.2) is 10.8 Å². The lowest BCUT2D eigenvalue weighted by atomic mass is 10.0. The van der Waals surface area contributed by atoms with Crippen LogP contribution in [0.25, 0.3) is 0 Å². The van der Waals surface area contributed by atoms with E-state index in [4.69, 9.17) is 20.2 Å². The molecule has 3 atom stereocenters. The van der Waals surface area contributed by atoms with Gasteiger partial charge in [0.25, 0.3) is 11.8 Å². The number of anilines is 1. The van der Waals surface area contributed by atoms with Gasteiger partial charge in [0, 0.05) is 5.38 Å². The number of oxime groups is 1. The van der Waals surface area contributed by atoms with Crippen LogP contribution in [0.15, 0.2) is 10.5 Å². The fourth-order valence-corrected chi connectivity index (χ4v) is 4.36. The maximum absolute atomic E-state index is 12.7. The lowest BCUT2D eigenvalue weighted by Gasteiger charge is -2.45. The molecule has 166 valence electrons. The minimum absolute atomic E-state index is 0.00890. The van der Waals surface area contributed by atoms with Crippen molar-refractivity contribution in [2.24, 2.45) is 5.16 Å². The van der Waals surface area contributed by atoms with Crippen LogP contribution in [-0.4, -0.2) is 67.4 Å². The number of amides is 2. The number of rotatable bonds is 9. The number of carboxylic acid groups (broad SMARTS) is 1. The quantitative estimate of drug-likeness (QED) is 0.170. The highest BCUT2D eigenvalue weighted by atomic mass is 32.1. The van der Waals surface area contributed by atoms with E-state index in [0.717, 1.165) is 11.3 Å². The number of hydrogen-bond acceptors (Lipinski definition) is 10. The number of aliphatic carboxylic acids is 1. The van der Waals surface area contributed by atoms with E-state index >= 15 is 0 Å². The summed E-state index contributed by atoms with van der Waals surface area (Å²) in [6.45, 7) is 5.32. The third-order valence-electron chi connectivity index (χ3n) is 4.08. The summed E-state index contributed by atoms with van der Waals surface area (Å²) >= 11 is 1.01. The highest BCUT2D eigenvalue weighted by molar-refractivity contribution is 7.51. The molecule has 1 saturated heterocycles. The molecule has 1 aromatic rings. The molecule has 15 heteroatoms. The number of β-lactam (4-membered cyclic amide) rings is 1. The normalized spacial score (nSPS) is 21.6. The molecule has 1 unspecified atom stereocenters. The van der Waals surface area contributed by atoms with E-state index in [9.17, 15) is 23.8 Å². The van der Waals surface area contributed by atoms with E-state index in [-0.39, 0.29) is 17.4 Å². The fraction of sp³-hybridized carbons (Fsp3) is 0.533. The summed E-state index contributed by atoms with van der Waals surface area (Å²) in [5, 5.41) is 16.7. The van der Waals surface area contributed by atoms with Crippen molar-refractivity contribution in [2.75, 3.05) is 12.3 Å². The molecule has 0 bridgehead atoms. The van der Waals surface area contributed by atoms with E-state index in [1.165, 1.54) is 33.1 Å². The Morgan fingerprint density at radius 2 is 2.13 bits per heavy atom. The standard InChI is InChI=1S/C15H22N5O8PS/c1-5-27-29(25,26)20-7(2)9(12(20)22)18-11(21)10(8-6-30-14(16)17-8)19-28-15(3,4)13(23)24/h6-7,9H,5H2,1-4H3,(H2,16,17)(H,18,21)(H,23,24)(H,25,26)/b19-10-/t7-,9-/m1/s1. The van der Waals surface area contributed by atoms with Crippen LogP contribution in [0.4, 0.5) is 5.13 Å². The number of carbonyl (C=O) groups is 3. The van der Waals surface area contributed by atoms with E-state index in [1.807, 2.05) is 0 Å². The third-order valence-corrected chi connectivity index (χ3v) is 6.45. The van der Waals surface area contributed by atoms with Gasteiger partial charge in [-0.1, -0.05) is 5.16 Å². The zero-order valence-electron chi connectivity index (χ0n) is 16.6. The first kappa shape index (κ1) is 23.7. The van der Waals surface area contributed by atoms with Crippen molar-refractivity contribution < 1.29 is 38.3 Å². The summed E-state index contributed by atoms with van der Waals surface area (Å²) in [5.41, 5.74) is 3.43. The Labute approximate surface area is 175 Å². The molecular weight excluding hydrogens is 441 g/mol. The number of carboxylic acids is 1. The number of nitrogen functional groups attached to an aromatic ring is 1. The monoisotopic (exact) mass is 463 g/mol. The summed E-state index contributed by atoms with van der Waals surface area (Å²) in [5.74, 6) is -3.05. The number of hydrogen-bond donors (Lipinski definition) is 4. The van der Waals surface area contributed by atoms with Crippen LogP contribution in [0.5, 0.6) is 0 Å². The second-order valence-corrected chi connectivity index (χ2v) is 9.26. The molecule has 0 saturated carbocycles. The SMILES string of the molecule is CCOP(=O)(O)N1C(=O)[C@H](NC(=O)/C(=N\OC(C)(C)C(=O)O)c2csc(N)n2)[C@H]1C. The average molecular weight is 463 g/mol. The summed E-state index contributed by atoms with van der Waals surface area (Å²) < 4.78 is 17.5. The minimum atomic E-state index is -4.33. The van der Waals surface area contributed by atoms with E-state index in [2.05, 4.69) is 15.5 Å². The van der Waals surface area contributed by atoms with Gasteiger partial charge in [-0.05, 0) is 27.7 Å². The molecule has 1 fully saturated rings. The highest BCUT2D eigenvalue weighted by Gasteiger charge is 2.54. The first-order valence-corrected chi connectivity index (χ1v) is 11.1. The Morgan fingerprint density at radius 1 is 1.50 bits per heavy atom. The van der Waals surface area contributed by atoms with Crippen molar-refractivity contribution in [3.05, 3.63) is 11.1 Å². The largest absolute Gasteiger partial charge is 0.478 e. The van der Waals surface area contributed by atoms with E-state index in [1.54, 1.807) is 0 Å². The van der Waals surface area contributed by atoms with Gasteiger partial charge in [0.2, 0.25) is 5.60 Å². The molecule has 30 heavy (non-hydrogen) atoms. The fourth-order valence-electron chi connectivity index (χ4n) is 2.39. The van der Waals surface area contributed by atoms with Gasteiger partial charge in [0.05, 0.1) is 12.6 Å². The van der Waals surface area contributed by atoms with Crippen molar-refractivity contribution in [3.63, 3.8) is 0 Å². The maximum atomic E-state index is 12.7. The molecule has 1 aliphatic heterocycles. The number of thiazole rings is 1. The molecule has 1 aliphatic rings. The van der Waals surface area contributed by atoms with Gasteiger partial charge in [-0.25, -0.2) is 19.0 Å². The lowest BCUT2D eigenvalue weighted by molar-refractivity contribution is -0.161. The van der Waals surface area contributed by atoms with Gasteiger partial charge >= 0.3 is 13.7 Å². The smallest absolute Gasteiger partial charge is 0.435 e. The number of carbonyl (C=O) groups excluding carboxylic acids is 2. The summed E-state index contributed by atoms with van der Waals surface area (Å²) in [4.78, 5) is 55.0. The molecule has 13 nitrogen and oxygen atoms in total. The molecule has 2 heterocycles. The van der Waals surface area contributed by atoms with Crippen molar-refractivity contribution >= 4 is 47.7 Å². The Morgan fingerprint density at radius 3 is 2.60 bits per heavy atom. The van der Waals surface area contributed by atoms with Crippen LogP contribution < -0.4 is 11.1 Å².